The predicted molar refractivity (Wildman–Crippen MR) is 106 cm³/mol. The molecule has 2 rings (SSSR count). The van der Waals surface area contributed by atoms with Crippen molar-refractivity contribution in [3.8, 4) is 0 Å². The molecule has 26 heavy (non-hydrogen) atoms. The molecule has 0 radical (unpaired) electrons. The lowest BCUT2D eigenvalue weighted by Gasteiger charge is -2.32. The van der Waals surface area contributed by atoms with Crippen LogP contribution in [-0.2, 0) is 16.7 Å². The average Bonchev–Trinajstić information content (AvgIpc) is 3.09. The second kappa shape index (κ2) is 9.21. The van der Waals surface area contributed by atoms with E-state index in [1.54, 1.807) is 16.2 Å². The van der Waals surface area contributed by atoms with Crippen molar-refractivity contribution in [3.05, 3.63) is 16.1 Å². The molecule has 0 bridgehead atoms. The topological polar surface area (TPSA) is 78.9 Å². The first-order valence-electron chi connectivity index (χ1n) is 9.16. The number of methoxy groups -OCH3 is 1. The first-order valence-corrected chi connectivity index (χ1v) is 10.0. The highest BCUT2D eigenvalue weighted by atomic mass is 32.1. The molecule has 8 heteroatoms. The minimum Gasteiger partial charge on any atom is -0.453 e. The van der Waals surface area contributed by atoms with Gasteiger partial charge in [0.25, 0.3) is 0 Å². The highest BCUT2D eigenvalue weighted by molar-refractivity contribution is 7.09. The summed E-state index contributed by atoms with van der Waals surface area (Å²) in [6.45, 7) is 11.3. The van der Waals surface area contributed by atoms with E-state index in [0.29, 0.717) is 25.7 Å². The maximum absolute atomic E-state index is 11.6. The second-order valence-corrected chi connectivity index (χ2v) is 8.39. The standard InChI is InChI=1S/C18H31N5O2S/c1-6-19-16(20-11-15-22-14(12-26-15)18(2,3)4)21-13-7-9-23(10-8-13)17(24)25-5/h12-13H,6-11H2,1-5H3,(H2,19,20,21). The highest BCUT2D eigenvalue weighted by Gasteiger charge is 2.23. The highest BCUT2D eigenvalue weighted by Crippen LogP contribution is 2.24. The number of aliphatic imine (C=N–C) groups is 1. The maximum atomic E-state index is 11.6. The van der Waals surface area contributed by atoms with Crippen LogP contribution in [0.25, 0.3) is 0 Å². The second-order valence-electron chi connectivity index (χ2n) is 7.45. The quantitative estimate of drug-likeness (QED) is 0.619. The maximum Gasteiger partial charge on any atom is 0.409 e. The third-order valence-electron chi connectivity index (χ3n) is 4.31. The fourth-order valence-corrected chi connectivity index (χ4v) is 3.67. The van der Waals surface area contributed by atoms with Gasteiger partial charge < -0.3 is 20.3 Å². The van der Waals surface area contributed by atoms with Gasteiger partial charge in [-0.2, -0.15) is 0 Å². The number of aromatic nitrogens is 1. The lowest BCUT2D eigenvalue weighted by molar-refractivity contribution is 0.111. The fraction of sp³-hybridized carbons (Fsp3) is 0.722. The molecular weight excluding hydrogens is 350 g/mol. The Balaban J connectivity index is 1.91. The molecule has 7 nitrogen and oxygen atoms in total. The van der Waals surface area contributed by atoms with Crippen molar-refractivity contribution in [3.63, 3.8) is 0 Å². The van der Waals surface area contributed by atoms with Crippen LogP contribution in [0.5, 0.6) is 0 Å². The molecule has 2 N–H and O–H groups in total. The number of nitrogens with one attached hydrogen (secondary N) is 2. The molecule has 0 spiro atoms. The Hall–Kier alpha value is -1.83. The van der Waals surface area contributed by atoms with Crippen LogP contribution in [0, 0.1) is 0 Å². The van der Waals surface area contributed by atoms with Gasteiger partial charge in [0.15, 0.2) is 5.96 Å². The van der Waals surface area contributed by atoms with Gasteiger partial charge in [-0.05, 0) is 19.8 Å². The van der Waals surface area contributed by atoms with Gasteiger partial charge >= 0.3 is 6.09 Å². The zero-order valence-electron chi connectivity index (χ0n) is 16.5. The van der Waals surface area contributed by atoms with Crippen molar-refractivity contribution in [2.45, 2.75) is 58.5 Å². The first kappa shape index (κ1) is 20.5. The smallest absolute Gasteiger partial charge is 0.409 e. The molecule has 0 saturated carbocycles. The summed E-state index contributed by atoms with van der Waals surface area (Å²) in [7, 11) is 1.42. The number of hydrogen-bond donors (Lipinski definition) is 2. The monoisotopic (exact) mass is 381 g/mol. The van der Waals surface area contributed by atoms with Crippen molar-refractivity contribution in [1.29, 1.82) is 0 Å². The van der Waals surface area contributed by atoms with Crippen molar-refractivity contribution in [1.82, 2.24) is 20.5 Å². The molecule has 146 valence electrons. The summed E-state index contributed by atoms with van der Waals surface area (Å²) >= 11 is 1.66. The molecule has 0 aliphatic carbocycles. The van der Waals surface area contributed by atoms with Gasteiger partial charge in [0.05, 0.1) is 19.3 Å². The number of thiazole rings is 1. The first-order chi connectivity index (χ1) is 12.3. The van der Waals surface area contributed by atoms with Gasteiger partial charge in [0, 0.05) is 36.5 Å². The van der Waals surface area contributed by atoms with E-state index in [2.05, 4.69) is 48.7 Å². The Morgan fingerprint density at radius 2 is 2.12 bits per heavy atom. The van der Waals surface area contributed by atoms with Gasteiger partial charge in [-0.25, -0.2) is 14.8 Å². The molecule has 0 unspecified atom stereocenters. The lowest BCUT2D eigenvalue weighted by atomic mass is 9.93. The largest absolute Gasteiger partial charge is 0.453 e. The summed E-state index contributed by atoms with van der Waals surface area (Å²) in [5.41, 5.74) is 1.18. The van der Waals surface area contributed by atoms with E-state index in [-0.39, 0.29) is 11.5 Å². The zero-order valence-corrected chi connectivity index (χ0v) is 17.3. The Morgan fingerprint density at radius 1 is 1.42 bits per heavy atom. The zero-order chi connectivity index (χ0) is 19.2. The fourth-order valence-electron chi connectivity index (χ4n) is 2.72. The van der Waals surface area contributed by atoms with Crippen LogP contribution in [-0.4, -0.2) is 54.7 Å². The number of carbonyl (C=O) groups is 1. The van der Waals surface area contributed by atoms with Crippen molar-refractivity contribution >= 4 is 23.4 Å². The molecule has 2 heterocycles. The van der Waals surface area contributed by atoms with E-state index < -0.39 is 0 Å². The van der Waals surface area contributed by atoms with Crippen LogP contribution in [0.3, 0.4) is 0 Å². The summed E-state index contributed by atoms with van der Waals surface area (Å²) in [6.07, 6.45) is 1.51. The third-order valence-corrected chi connectivity index (χ3v) is 5.14. The molecule has 1 aliphatic rings. The van der Waals surface area contributed by atoms with Gasteiger partial charge in [0.1, 0.15) is 5.01 Å². The summed E-state index contributed by atoms with van der Waals surface area (Å²) in [6, 6.07) is 0.301. The van der Waals surface area contributed by atoms with Crippen LogP contribution in [0.1, 0.15) is 51.2 Å². The normalized spacial score (nSPS) is 16.5. The molecule has 1 aliphatic heterocycles. The van der Waals surface area contributed by atoms with E-state index in [4.69, 9.17) is 9.72 Å². The van der Waals surface area contributed by atoms with Crippen molar-refractivity contribution < 1.29 is 9.53 Å². The summed E-state index contributed by atoms with van der Waals surface area (Å²) in [5, 5.41) is 9.91. The van der Waals surface area contributed by atoms with E-state index in [9.17, 15) is 4.79 Å². The molecule has 0 aromatic carbocycles. The number of nitrogens with zero attached hydrogens (tertiary/aromatic N) is 3. The van der Waals surface area contributed by atoms with Crippen LogP contribution in [0.2, 0.25) is 0 Å². The SMILES string of the molecule is CCNC(=NCc1nc(C(C)(C)C)cs1)NC1CCN(C(=O)OC)CC1. The summed E-state index contributed by atoms with van der Waals surface area (Å²) in [4.78, 5) is 22.7. The number of carbonyl (C=O) groups excluding carboxylic acids is 1. The predicted octanol–water partition coefficient (Wildman–Crippen LogP) is 2.73. The number of likely N-dealkylation sites (tertiary alicyclic amines) is 1. The summed E-state index contributed by atoms with van der Waals surface area (Å²) < 4.78 is 4.78. The van der Waals surface area contributed by atoms with Crippen molar-refractivity contribution in [2.24, 2.45) is 4.99 Å². The van der Waals surface area contributed by atoms with E-state index in [1.807, 2.05) is 0 Å². The van der Waals surface area contributed by atoms with Crippen LogP contribution in [0.15, 0.2) is 10.4 Å². The Kier molecular flexibility index (Phi) is 7.25. The van der Waals surface area contributed by atoms with E-state index >= 15 is 0 Å². The number of rotatable bonds is 4. The minimum atomic E-state index is -0.248. The minimum absolute atomic E-state index is 0.0643. The van der Waals surface area contributed by atoms with Crippen LogP contribution >= 0.6 is 11.3 Å². The summed E-state index contributed by atoms with van der Waals surface area (Å²) in [5.74, 6) is 0.802. The number of amides is 1. The van der Waals surface area contributed by atoms with Crippen LogP contribution in [0.4, 0.5) is 4.79 Å². The molecule has 1 saturated heterocycles. The lowest BCUT2D eigenvalue weighted by Crippen LogP contribution is -2.49. The molecule has 1 amide bonds. The van der Waals surface area contributed by atoms with Gasteiger partial charge in [0.2, 0.25) is 0 Å². The van der Waals surface area contributed by atoms with Gasteiger partial charge in [-0.15, -0.1) is 11.3 Å². The molecule has 0 atom stereocenters. The third kappa shape index (κ3) is 5.86. The molecule has 1 fully saturated rings. The Bertz CT molecular complexity index is 615. The van der Waals surface area contributed by atoms with E-state index in [1.165, 1.54) is 7.11 Å². The van der Waals surface area contributed by atoms with Gasteiger partial charge in [-0.3, -0.25) is 0 Å². The number of piperidine rings is 1. The number of hydrogen-bond acceptors (Lipinski definition) is 5. The molecular formula is C18H31N5O2S. The Labute approximate surface area is 160 Å². The number of guanidine groups is 1. The van der Waals surface area contributed by atoms with Crippen LogP contribution < -0.4 is 10.6 Å². The Morgan fingerprint density at radius 3 is 2.65 bits per heavy atom. The molecule has 1 aromatic heterocycles. The van der Waals surface area contributed by atoms with E-state index in [0.717, 1.165) is 36.0 Å². The number of ether oxygens (including phenoxy) is 1. The van der Waals surface area contributed by atoms with Crippen molar-refractivity contribution in [2.75, 3.05) is 26.7 Å². The molecule has 1 aromatic rings. The average molecular weight is 382 g/mol. The van der Waals surface area contributed by atoms with Gasteiger partial charge in [-0.1, -0.05) is 20.8 Å².